The van der Waals surface area contributed by atoms with E-state index in [0.29, 0.717) is 11.3 Å². The van der Waals surface area contributed by atoms with Gasteiger partial charge in [0.1, 0.15) is 5.82 Å². The molecule has 2 aromatic carbocycles. The highest BCUT2D eigenvalue weighted by Crippen LogP contribution is 2.31. The van der Waals surface area contributed by atoms with Crippen molar-refractivity contribution in [3.8, 4) is 11.8 Å². The van der Waals surface area contributed by atoms with Crippen LogP contribution in [0.1, 0.15) is 34.3 Å². The second-order valence-electron chi connectivity index (χ2n) is 7.22. The van der Waals surface area contributed by atoms with Crippen LogP contribution < -0.4 is 10.6 Å². The van der Waals surface area contributed by atoms with Gasteiger partial charge in [0.15, 0.2) is 11.6 Å². The van der Waals surface area contributed by atoms with Gasteiger partial charge in [0, 0.05) is 28.9 Å². The molecule has 0 bridgehead atoms. The molecule has 1 heterocycles. The van der Waals surface area contributed by atoms with Crippen LogP contribution in [0.3, 0.4) is 0 Å². The van der Waals surface area contributed by atoms with E-state index in [1.165, 1.54) is 42.6 Å². The molecule has 0 atom stereocenters. The first-order valence-electron chi connectivity index (χ1n) is 9.74. The highest BCUT2D eigenvalue weighted by molar-refractivity contribution is 6.34. The molecular formula is C24H16ClF2N3O2. The van der Waals surface area contributed by atoms with E-state index < -0.39 is 11.7 Å². The maximum atomic E-state index is 14.5. The van der Waals surface area contributed by atoms with Crippen LogP contribution in [0, 0.1) is 29.4 Å². The molecule has 160 valence electrons. The summed E-state index contributed by atoms with van der Waals surface area (Å²) in [4.78, 5) is 28.5. The Bertz CT molecular complexity index is 1260. The van der Waals surface area contributed by atoms with Crippen LogP contribution >= 0.6 is 11.6 Å². The lowest BCUT2D eigenvalue weighted by atomic mass is 10.1. The number of amides is 2. The first-order valence-corrected chi connectivity index (χ1v) is 10.1. The van der Waals surface area contributed by atoms with Crippen molar-refractivity contribution in [2.24, 2.45) is 5.92 Å². The molecule has 1 fully saturated rings. The number of carbonyl (C=O) groups is 2. The SMILES string of the molecule is O=C(Nc1ncc(C#Cc2ccc(F)cc2)cc1F)c1cc(NC(=O)C2CC2)ccc1Cl. The fraction of sp³-hybridized carbons (Fsp3) is 0.125. The van der Waals surface area contributed by atoms with Crippen molar-refractivity contribution in [1.29, 1.82) is 0 Å². The number of pyridine rings is 1. The van der Waals surface area contributed by atoms with E-state index >= 15 is 0 Å². The lowest BCUT2D eigenvalue weighted by molar-refractivity contribution is -0.117. The summed E-state index contributed by atoms with van der Waals surface area (Å²) in [6.07, 6.45) is 3.01. The van der Waals surface area contributed by atoms with E-state index in [9.17, 15) is 18.4 Å². The van der Waals surface area contributed by atoms with Crippen LogP contribution in [0.2, 0.25) is 5.02 Å². The van der Waals surface area contributed by atoms with Gasteiger partial charge in [0.25, 0.3) is 5.91 Å². The van der Waals surface area contributed by atoms with Crippen molar-refractivity contribution in [1.82, 2.24) is 4.98 Å². The Hall–Kier alpha value is -3.76. The molecular weight excluding hydrogens is 436 g/mol. The number of nitrogens with zero attached hydrogens (tertiary/aromatic N) is 1. The smallest absolute Gasteiger partial charge is 0.258 e. The van der Waals surface area contributed by atoms with Crippen molar-refractivity contribution < 1.29 is 18.4 Å². The average molecular weight is 452 g/mol. The fourth-order valence-electron chi connectivity index (χ4n) is 2.82. The molecule has 4 rings (SSSR count). The number of nitrogens with one attached hydrogen (secondary N) is 2. The third kappa shape index (κ3) is 5.29. The van der Waals surface area contributed by atoms with Gasteiger partial charge in [-0.2, -0.15) is 0 Å². The molecule has 32 heavy (non-hydrogen) atoms. The van der Waals surface area contributed by atoms with Gasteiger partial charge in [-0.3, -0.25) is 9.59 Å². The quantitative estimate of drug-likeness (QED) is 0.547. The summed E-state index contributed by atoms with van der Waals surface area (Å²) >= 11 is 6.11. The minimum atomic E-state index is -0.779. The summed E-state index contributed by atoms with van der Waals surface area (Å²) in [6, 6.07) is 11.2. The summed E-state index contributed by atoms with van der Waals surface area (Å²) in [5.74, 6) is 3.30. The summed E-state index contributed by atoms with van der Waals surface area (Å²) in [6.45, 7) is 0. The van der Waals surface area contributed by atoms with E-state index in [1.54, 1.807) is 6.07 Å². The van der Waals surface area contributed by atoms with E-state index in [-0.39, 0.29) is 39.6 Å². The van der Waals surface area contributed by atoms with Crippen molar-refractivity contribution in [2.45, 2.75) is 12.8 Å². The number of rotatable bonds is 4. The molecule has 8 heteroatoms. The van der Waals surface area contributed by atoms with Gasteiger partial charge < -0.3 is 10.6 Å². The fourth-order valence-corrected chi connectivity index (χ4v) is 3.02. The average Bonchev–Trinajstić information content (AvgIpc) is 3.62. The molecule has 0 radical (unpaired) electrons. The first-order chi connectivity index (χ1) is 15.4. The summed E-state index contributed by atoms with van der Waals surface area (Å²) < 4.78 is 27.4. The molecule has 0 spiro atoms. The van der Waals surface area contributed by atoms with Crippen LogP contribution in [-0.4, -0.2) is 16.8 Å². The number of benzene rings is 2. The van der Waals surface area contributed by atoms with E-state index in [1.807, 2.05) is 0 Å². The number of hydrogen-bond acceptors (Lipinski definition) is 3. The third-order valence-corrected chi connectivity index (χ3v) is 5.02. The van der Waals surface area contributed by atoms with Crippen LogP contribution in [0.5, 0.6) is 0 Å². The zero-order valence-corrected chi connectivity index (χ0v) is 17.3. The van der Waals surface area contributed by atoms with Crippen molar-refractivity contribution in [2.75, 3.05) is 10.6 Å². The Kier molecular flexibility index (Phi) is 6.15. The number of anilines is 2. The van der Waals surface area contributed by atoms with Gasteiger partial charge in [-0.1, -0.05) is 23.4 Å². The largest absolute Gasteiger partial charge is 0.326 e. The molecule has 5 nitrogen and oxygen atoms in total. The van der Waals surface area contributed by atoms with Gasteiger partial charge >= 0.3 is 0 Å². The molecule has 2 amide bonds. The zero-order valence-electron chi connectivity index (χ0n) is 16.6. The van der Waals surface area contributed by atoms with E-state index in [0.717, 1.165) is 18.9 Å². The lowest BCUT2D eigenvalue weighted by Gasteiger charge is -2.10. The Morgan fingerprint density at radius 1 is 0.969 bits per heavy atom. The minimum absolute atomic E-state index is 0.00548. The molecule has 3 aromatic rings. The number of halogens is 3. The van der Waals surface area contributed by atoms with Gasteiger partial charge in [-0.05, 0) is 61.4 Å². The molecule has 1 aromatic heterocycles. The van der Waals surface area contributed by atoms with Crippen molar-refractivity contribution >= 4 is 34.9 Å². The second kappa shape index (κ2) is 9.16. The molecule has 1 aliphatic carbocycles. The molecule has 0 saturated heterocycles. The normalized spacial score (nSPS) is 12.5. The standard InChI is InChI=1S/C24H16ClF2N3O2/c25-20-10-9-18(29-23(31)16-5-6-16)12-19(20)24(32)30-22-21(27)11-15(13-28-22)2-1-14-3-7-17(26)8-4-14/h3-4,7-13,16H,5-6H2,(H,29,31)(H,28,30,32). The molecule has 1 aliphatic rings. The molecule has 2 N–H and O–H groups in total. The third-order valence-electron chi connectivity index (χ3n) is 4.70. The highest BCUT2D eigenvalue weighted by Gasteiger charge is 2.29. The summed E-state index contributed by atoms with van der Waals surface area (Å²) in [5, 5.41) is 5.26. The number of aromatic nitrogens is 1. The predicted octanol–water partition coefficient (Wildman–Crippen LogP) is 5.01. The molecule has 0 unspecified atom stereocenters. The van der Waals surface area contributed by atoms with Gasteiger partial charge in [0.2, 0.25) is 5.91 Å². The number of hydrogen-bond donors (Lipinski definition) is 2. The minimum Gasteiger partial charge on any atom is -0.326 e. The second-order valence-corrected chi connectivity index (χ2v) is 7.63. The van der Waals surface area contributed by atoms with Gasteiger partial charge in [-0.15, -0.1) is 0 Å². The lowest BCUT2D eigenvalue weighted by Crippen LogP contribution is -2.17. The zero-order chi connectivity index (χ0) is 22.7. The highest BCUT2D eigenvalue weighted by atomic mass is 35.5. The van der Waals surface area contributed by atoms with E-state index in [2.05, 4.69) is 27.5 Å². The monoisotopic (exact) mass is 451 g/mol. The van der Waals surface area contributed by atoms with Crippen LogP contribution in [0.25, 0.3) is 0 Å². The van der Waals surface area contributed by atoms with Crippen LogP contribution in [0.4, 0.5) is 20.3 Å². The van der Waals surface area contributed by atoms with Gasteiger partial charge in [0.05, 0.1) is 10.6 Å². The molecule has 0 aliphatic heterocycles. The Morgan fingerprint density at radius 2 is 1.69 bits per heavy atom. The van der Waals surface area contributed by atoms with Crippen LogP contribution in [0.15, 0.2) is 54.7 Å². The predicted molar refractivity (Wildman–Crippen MR) is 117 cm³/mol. The Labute approximate surface area is 187 Å². The first kappa shape index (κ1) is 21.5. The topological polar surface area (TPSA) is 71.1 Å². The maximum absolute atomic E-state index is 14.5. The maximum Gasteiger partial charge on any atom is 0.258 e. The summed E-state index contributed by atoms with van der Waals surface area (Å²) in [5.41, 5.74) is 1.35. The van der Waals surface area contributed by atoms with Crippen LogP contribution in [-0.2, 0) is 4.79 Å². The van der Waals surface area contributed by atoms with Crippen molar-refractivity contribution in [3.63, 3.8) is 0 Å². The van der Waals surface area contributed by atoms with Crippen molar-refractivity contribution in [3.05, 3.63) is 88.1 Å². The van der Waals surface area contributed by atoms with E-state index in [4.69, 9.17) is 11.6 Å². The molecule has 1 saturated carbocycles. The Balaban J connectivity index is 1.47. The van der Waals surface area contributed by atoms with Gasteiger partial charge in [-0.25, -0.2) is 13.8 Å². The number of carbonyl (C=O) groups excluding carboxylic acids is 2. The summed E-state index contributed by atoms with van der Waals surface area (Å²) in [7, 11) is 0. The Morgan fingerprint density at radius 3 is 2.38 bits per heavy atom.